The molecule has 0 bridgehead atoms. The number of Topliss-reactive ketones (excluding diaryl/α,β-unsaturated/α-hetero) is 2. The zero-order valence-electron chi connectivity index (χ0n) is 46.5. The standard InChI is InChI=1S/C36H27NO4S.C34H30N2O5S/c1-24-8-6-7-11-33(24)34(37-41-25(2)38)36(40)30-18-22-32(23-19-30)42-31-20-16-29(17-21-31)35(39)28-14-12-27(13-15-28)26-9-4-3-5-10-26;1-23-5-3-4-6-31(23)32(35-41-24(2)37)34(39)27-11-17-30(18-12-27)42-29-15-9-26(10-16-29)33(38)25-7-13-28(14-8-25)36-19-21-40-22-20-36/h3-23H,1-2H3;3-18H,19-22H2,1-2H3/b37-34+;35-32+. The Morgan fingerprint density at radius 2 is 0.714 bits per heavy atom. The molecule has 9 aromatic rings. The number of oxime groups is 2. The number of morpholine rings is 1. The van der Waals surface area contributed by atoms with Gasteiger partial charge in [-0.3, -0.25) is 19.2 Å². The number of ketones is 4. The lowest BCUT2D eigenvalue weighted by Crippen LogP contribution is -2.36. The number of carbonyl (C=O) groups is 6. The topological polar surface area (TPSA) is 158 Å². The van der Waals surface area contributed by atoms with E-state index in [0.29, 0.717) is 57.7 Å². The second-order valence-electron chi connectivity index (χ2n) is 19.4. The predicted octanol–water partition coefficient (Wildman–Crippen LogP) is 14.6. The molecule has 1 fully saturated rings. The number of nitrogens with zero attached hydrogens (tertiary/aromatic N) is 3. The maximum Gasteiger partial charge on any atom is 0.332 e. The summed E-state index contributed by atoms with van der Waals surface area (Å²) in [7, 11) is 0. The van der Waals surface area contributed by atoms with E-state index in [1.807, 2.05) is 190 Å². The van der Waals surface area contributed by atoms with Crippen LogP contribution in [-0.4, -0.2) is 72.8 Å². The minimum atomic E-state index is -0.602. The first-order chi connectivity index (χ1) is 40.8. The summed E-state index contributed by atoms with van der Waals surface area (Å²) < 4.78 is 5.42. The maximum atomic E-state index is 13.3. The molecule has 1 aliphatic heterocycles. The molecule has 84 heavy (non-hydrogen) atoms. The molecule has 9 aromatic carbocycles. The largest absolute Gasteiger partial charge is 0.378 e. The minimum absolute atomic E-state index is 0.0252. The van der Waals surface area contributed by atoms with E-state index in [4.69, 9.17) is 14.4 Å². The number of aryl methyl sites for hydroxylation is 2. The molecule has 0 unspecified atom stereocenters. The van der Waals surface area contributed by atoms with Crippen LogP contribution in [0.2, 0.25) is 0 Å². The van der Waals surface area contributed by atoms with Gasteiger partial charge < -0.3 is 19.3 Å². The summed E-state index contributed by atoms with van der Waals surface area (Å²) in [6.45, 7) is 9.35. The number of carbonyl (C=O) groups excluding carboxylic acids is 6. The third-order valence-electron chi connectivity index (χ3n) is 13.5. The second-order valence-corrected chi connectivity index (χ2v) is 21.7. The van der Waals surface area contributed by atoms with Crippen LogP contribution in [0.4, 0.5) is 5.69 Å². The summed E-state index contributed by atoms with van der Waals surface area (Å²) in [5.41, 5.74) is 9.66. The smallest absolute Gasteiger partial charge is 0.332 e. The molecule has 0 amide bonds. The van der Waals surface area contributed by atoms with E-state index < -0.39 is 11.9 Å². The van der Waals surface area contributed by atoms with E-state index in [9.17, 15) is 28.8 Å². The Morgan fingerprint density at radius 1 is 0.393 bits per heavy atom. The van der Waals surface area contributed by atoms with Crippen molar-refractivity contribution in [1.82, 2.24) is 0 Å². The SMILES string of the molecule is CC(=O)O/N=C(/C(=O)c1ccc(Sc2ccc(C(=O)c3ccc(-c4ccccc4)cc3)cc2)cc1)c1ccccc1C.CC(=O)O/N=C(/C(=O)c1ccc(Sc2ccc(C(=O)c3ccc(N4CCOCC4)cc3)cc2)cc1)c1ccccc1C. The minimum Gasteiger partial charge on any atom is -0.378 e. The van der Waals surface area contributed by atoms with Gasteiger partial charge in [0.05, 0.1) is 13.2 Å². The van der Waals surface area contributed by atoms with Crippen LogP contribution in [-0.2, 0) is 24.0 Å². The highest BCUT2D eigenvalue weighted by molar-refractivity contribution is 7.99. The molecule has 418 valence electrons. The zero-order valence-corrected chi connectivity index (χ0v) is 48.2. The summed E-state index contributed by atoms with van der Waals surface area (Å²) >= 11 is 3.05. The highest BCUT2D eigenvalue weighted by atomic mass is 32.2. The number of anilines is 1. The number of benzene rings is 9. The lowest BCUT2D eigenvalue weighted by Gasteiger charge is -2.28. The molecule has 0 N–H and O–H groups in total. The van der Waals surface area contributed by atoms with E-state index in [-0.39, 0.29) is 34.6 Å². The molecule has 1 heterocycles. The molecule has 0 saturated carbocycles. The molecular weight excluding hydrogens is 1090 g/mol. The van der Waals surface area contributed by atoms with Gasteiger partial charge >= 0.3 is 11.9 Å². The van der Waals surface area contributed by atoms with Gasteiger partial charge in [-0.2, -0.15) is 0 Å². The quantitative estimate of drug-likeness (QED) is 0.0347. The molecule has 1 saturated heterocycles. The molecular formula is C70H57N3O9S2. The van der Waals surface area contributed by atoms with Crippen molar-refractivity contribution in [2.24, 2.45) is 10.3 Å². The van der Waals surface area contributed by atoms with Gasteiger partial charge in [-0.25, -0.2) is 9.59 Å². The van der Waals surface area contributed by atoms with E-state index in [1.165, 1.54) is 37.4 Å². The number of hydrogen-bond donors (Lipinski definition) is 0. The van der Waals surface area contributed by atoms with Gasteiger partial charge in [-0.1, -0.05) is 137 Å². The summed E-state index contributed by atoms with van der Waals surface area (Å²) in [6.07, 6.45) is 0. The van der Waals surface area contributed by atoms with Gasteiger partial charge in [0.2, 0.25) is 11.6 Å². The lowest BCUT2D eigenvalue weighted by atomic mass is 9.97. The lowest BCUT2D eigenvalue weighted by molar-refractivity contribution is -0.141. The summed E-state index contributed by atoms with van der Waals surface area (Å²) in [5, 5.41) is 7.74. The monoisotopic (exact) mass is 1150 g/mol. The van der Waals surface area contributed by atoms with E-state index >= 15 is 0 Å². The molecule has 10 rings (SSSR count). The van der Waals surface area contributed by atoms with Crippen LogP contribution in [0, 0.1) is 13.8 Å². The van der Waals surface area contributed by atoms with Crippen LogP contribution in [0.3, 0.4) is 0 Å². The molecule has 0 spiro atoms. The average Bonchev–Trinajstić information content (AvgIpc) is 3.61. The van der Waals surface area contributed by atoms with Crippen molar-refractivity contribution in [3.63, 3.8) is 0 Å². The van der Waals surface area contributed by atoms with Crippen LogP contribution >= 0.6 is 23.5 Å². The number of ether oxygens (including phenoxy) is 1. The zero-order chi connectivity index (χ0) is 59.0. The van der Waals surface area contributed by atoms with Crippen LogP contribution in [0.1, 0.15) is 88.7 Å². The van der Waals surface area contributed by atoms with E-state index in [1.54, 1.807) is 48.5 Å². The van der Waals surface area contributed by atoms with Crippen molar-refractivity contribution in [1.29, 1.82) is 0 Å². The Bertz CT molecular complexity index is 3880. The molecule has 0 aliphatic carbocycles. The summed E-state index contributed by atoms with van der Waals surface area (Å²) in [6, 6.07) is 69.4. The Labute approximate surface area is 496 Å². The van der Waals surface area contributed by atoms with Gasteiger partial charge in [0.1, 0.15) is 0 Å². The van der Waals surface area contributed by atoms with Crippen LogP contribution in [0.15, 0.2) is 254 Å². The molecule has 0 radical (unpaired) electrons. The Balaban J connectivity index is 0.000000202. The van der Waals surface area contributed by atoms with Crippen LogP contribution < -0.4 is 4.90 Å². The van der Waals surface area contributed by atoms with Gasteiger partial charge in [-0.15, -0.1) is 0 Å². The summed E-state index contributed by atoms with van der Waals surface area (Å²) in [5.74, 6) is -1.95. The van der Waals surface area contributed by atoms with Crippen molar-refractivity contribution in [3.05, 3.63) is 280 Å². The van der Waals surface area contributed by atoms with Crippen molar-refractivity contribution < 1.29 is 43.2 Å². The van der Waals surface area contributed by atoms with Gasteiger partial charge in [0.15, 0.2) is 23.0 Å². The fraction of sp³-hybridized carbons (Fsp3) is 0.114. The van der Waals surface area contributed by atoms with E-state index in [2.05, 4.69) is 15.2 Å². The molecule has 0 aromatic heterocycles. The summed E-state index contributed by atoms with van der Waals surface area (Å²) in [4.78, 5) is 91.2. The third-order valence-corrected chi connectivity index (χ3v) is 15.5. The maximum absolute atomic E-state index is 13.3. The first-order valence-corrected chi connectivity index (χ1v) is 28.6. The van der Waals surface area contributed by atoms with Gasteiger partial charge in [0.25, 0.3) is 0 Å². The normalized spacial score (nSPS) is 12.3. The highest BCUT2D eigenvalue weighted by Gasteiger charge is 2.22. The first-order valence-electron chi connectivity index (χ1n) is 26.9. The molecule has 14 heteroatoms. The molecule has 0 atom stereocenters. The highest BCUT2D eigenvalue weighted by Crippen LogP contribution is 2.31. The molecule has 1 aliphatic rings. The van der Waals surface area contributed by atoms with Crippen molar-refractivity contribution in [3.8, 4) is 11.1 Å². The van der Waals surface area contributed by atoms with Gasteiger partial charge in [0, 0.05) is 96.7 Å². The Morgan fingerprint density at radius 3 is 1.08 bits per heavy atom. The van der Waals surface area contributed by atoms with Gasteiger partial charge in [-0.05, 0) is 157 Å². The first kappa shape index (κ1) is 59.0. The molecule has 12 nitrogen and oxygen atoms in total. The fourth-order valence-corrected chi connectivity index (χ4v) is 10.6. The fourth-order valence-electron chi connectivity index (χ4n) is 8.99. The third kappa shape index (κ3) is 15.5. The Hall–Kier alpha value is -9.60. The predicted molar refractivity (Wildman–Crippen MR) is 330 cm³/mol. The van der Waals surface area contributed by atoms with Crippen molar-refractivity contribution in [2.45, 2.75) is 47.3 Å². The second kappa shape index (κ2) is 28.4. The van der Waals surface area contributed by atoms with Crippen molar-refractivity contribution in [2.75, 3.05) is 31.2 Å². The average molecular weight is 1150 g/mol. The number of hydrogen-bond acceptors (Lipinski definition) is 14. The number of rotatable bonds is 18. The Kier molecular flexibility index (Phi) is 20.0. The van der Waals surface area contributed by atoms with Crippen molar-refractivity contribution >= 4 is 75.7 Å². The van der Waals surface area contributed by atoms with Crippen LogP contribution in [0.25, 0.3) is 11.1 Å². The van der Waals surface area contributed by atoms with E-state index in [0.717, 1.165) is 60.6 Å². The van der Waals surface area contributed by atoms with Crippen LogP contribution in [0.5, 0.6) is 0 Å².